The zero-order valence-corrected chi connectivity index (χ0v) is 18.5. The molecule has 4 aliphatic heterocycles. The quantitative estimate of drug-likeness (QED) is 0.535. The van der Waals surface area contributed by atoms with Crippen LogP contribution in [0.5, 0.6) is 0 Å². The van der Waals surface area contributed by atoms with E-state index in [9.17, 15) is 0 Å². The first-order chi connectivity index (χ1) is 14.6. The van der Waals surface area contributed by atoms with E-state index in [0.717, 1.165) is 50.7 Å². The molecular formula is C23H41N7. The largest absolute Gasteiger partial charge is 0.370 e. The highest BCUT2D eigenvalue weighted by Crippen LogP contribution is 2.53. The van der Waals surface area contributed by atoms with Gasteiger partial charge in [-0.05, 0) is 69.2 Å². The van der Waals surface area contributed by atoms with Crippen molar-refractivity contribution in [2.24, 2.45) is 34.2 Å². The number of fused-ring (bicyclic) bond motifs is 1. The van der Waals surface area contributed by atoms with E-state index in [4.69, 9.17) is 16.5 Å². The number of nitrogens with one attached hydrogen (secondary N) is 2. The molecule has 2 saturated carbocycles. The summed E-state index contributed by atoms with van der Waals surface area (Å²) in [6.45, 7) is 5.68. The lowest BCUT2D eigenvalue weighted by Gasteiger charge is -2.55. The summed E-state index contributed by atoms with van der Waals surface area (Å²) >= 11 is 0. The van der Waals surface area contributed by atoms with E-state index < -0.39 is 0 Å². The number of nitrogens with zero attached hydrogens (tertiary/aromatic N) is 3. The maximum atomic E-state index is 6.64. The van der Waals surface area contributed by atoms with Crippen LogP contribution >= 0.6 is 0 Å². The number of guanidine groups is 1. The van der Waals surface area contributed by atoms with Crippen molar-refractivity contribution in [2.75, 3.05) is 32.7 Å². The molecule has 30 heavy (non-hydrogen) atoms. The standard InChI is InChI=1S/C23H41N7/c24-19-7-10-29(11-8-19)22(12-16-3-4-16)15-23(18-5-6-18,28-21(25)27-22)30-13-17-2-1-9-26-20(17)14-30/h16-20,26H,1-15,24H2,(H3,25,27,28)/t17-,20+,22?,23?/m1/s1. The van der Waals surface area contributed by atoms with Crippen LogP contribution in [0.15, 0.2) is 4.99 Å². The van der Waals surface area contributed by atoms with Crippen LogP contribution in [0, 0.1) is 17.8 Å². The monoisotopic (exact) mass is 415 g/mol. The van der Waals surface area contributed by atoms with Crippen molar-refractivity contribution in [1.82, 2.24) is 20.4 Å². The summed E-state index contributed by atoms with van der Waals surface area (Å²) < 4.78 is 0. The molecule has 3 saturated heterocycles. The summed E-state index contributed by atoms with van der Waals surface area (Å²) in [6, 6.07) is 1.00. The number of rotatable bonds is 5. The smallest absolute Gasteiger partial charge is 0.191 e. The van der Waals surface area contributed by atoms with Gasteiger partial charge in [-0.2, -0.15) is 0 Å². The Morgan fingerprint density at radius 2 is 1.80 bits per heavy atom. The summed E-state index contributed by atoms with van der Waals surface area (Å²) in [4.78, 5) is 10.8. The molecule has 0 bridgehead atoms. The number of hydrogen-bond acceptors (Lipinski definition) is 7. The number of nitrogens with two attached hydrogens (primary N) is 2. The van der Waals surface area contributed by atoms with E-state index >= 15 is 0 Å². The second-order valence-corrected chi connectivity index (χ2v) is 11.3. The molecule has 7 heteroatoms. The van der Waals surface area contributed by atoms with Gasteiger partial charge in [-0.3, -0.25) is 9.80 Å². The molecular weight excluding hydrogens is 374 g/mol. The number of aliphatic imine (C=N–C) groups is 1. The lowest BCUT2D eigenvalue weighted by Crippen LogP contribution is -2.72. The van der Waals surface area contributed by atoms with Crippen molar-refractivity contribution in [3.8, 4) is 0 Å². The van der Waals surface area contributed by atoms with Crippen LogP contribution < -0.4 is 22.1 Å². The van der Waals surface area contributed by atoms with Crippen molar-refractivity contribution in [1.29, 1.82) is 0 Å². The van der Waals surface area contributed by atoms with Crippen LogP contribution in [0.25, 0.3) is 0 Å². The number of hydrogen-bond donors (Lipinski definition) is 4. The minimum atomic E-state index is -0.108. The van der Waals surface area contributed by atoms with E-state index in [2.05, 4.69) is 20.4 Å². The molecule has 6 N–H and O–H groups in total. The number of likely N-dealkylation sites (tertiary alicyclic amines) is 2. The van der Waals surface area contributed by atoms with Crippen LogP contribution in [-0.4, -0.2) is 71.9 Å². The van der Waals surface area contributed by atoms with Crippen LogP contribution in [0.3, 0.4) is 0 Å². The average molecular weight is 416 g/mol. The first-order valence-electron chi connectivity index (χ1n) is 12.7. The van der Waals surface area contributed by atoms with Crippen LogP contribution in [0.1, 0.15) is 64.2 Å². The van der Waals surface area contributed by atoms with Gasteiger partial charge in [-0.15, -0.1) is 0 Å². The van der Waals surface area contributed by atoms with E-state index in [0.29, 0.717) is 24.0 Å². The molecule has 0 aromatic heterocycles. The van der Waals surface area contributed by atoms with E-state index in [-0.39, 0.29) is 11.3 Å². The van der Waals surface area contributed by atoms with Gasteiger partial charge in [-0.1, -0.05) is 12.8 Å². The summed E-state index contributed by atoms with van der Waals surface area (Å²) in [5, 5.41) is 7.59. The molecule has 7 nitrogen and oxygen atoms in total. The van der Waals surface area contributed by atoms with Gasteiger partial charge in [0.05, 0.1) is 5.66 Å². The van der Waals surface area contributed by atoms with Crippen LogP contribution in [0.4, 0.5) is 0 Å². The average Bonchev–Trinajstić information content (AvgIpc) is 3.66. The van der Waals surface area contributed by atoms with Crippen LogP contribution in [-0.2, 0) is 0 Å². The Labute approximate surface area is 181 Å². The SMILES string of the molecule is NC1=NC(C2CC2)(N2C[C@H]3CCCN[C@H]3C2)CC(CC2CC2)(N2CCC(N)CC2)N1. The third-order valence-corrected chi connectivity index (χ3v) is 9.07. The molecule has 2 unspecified atom stereocenters. The van der Waals surface area contributed by atoms with Gasteiger partial charge in [0, 0.05) is 44.7 Å². The topological polar surface area (TPSA) is 94.9 Å². The first-order valence-corrected chi connectivity index (χ1v) is 12.7. The van der Waals surface area contributed by atoms with Crippen molar-refractivity contribution < 1.29 is 0 Å². The minimum Gasteiger partial charge on any atom is -0.370 e. The molecule has 6 rings (SSSR count). The molecule has 0 amide bonds. The Hall–Kier alpha value is -0.890. The second kappa shape index (κ2) is 7.32. The predicted molar refractivity (Wildman–Crippen MR) is 120 cm³/mol. The van der Waals surface area contributed by atoms with Gasteiger partial charge in [0.15, 0.2) is 5.96 Å². The zero-order chi connectivity index (χ0) is 20.3. The highest BCUT2D eigenvalue weighted by atomic mass is 15.4. The summed E-state index contributed by atoms with van der Waals surface area (Å²) in [7, 11) is 0. The van der Waals surface area contributed by atoms with Gasteiger partial charge in [0.1, 0.15) is 5.66 Å². The highest BCUT2D eigenvalue weighted by Gasteiger charge is 2.60. The van der Waals surface area contributed by atoms with E-state index in [1.54, 1.807) is 0 Å². The van der Waals surface area contributed by atoms with Gasteiger partial charge < -0.3 is 22.1 Å². The van der Waals surface area contributed by atoms with Crippen molar-refractivity contribution >= 4 is 5.96 Å². The molecule has 168 valence electrons. The second-order valence-electron chi connectivity index (χ2n) is 11.3. The van der Waals surface area contributed by atoms with Crippen molar-refractivity contribution in [3.05, 3.63) is 0 Å². The molecule has 0 radical (unpaired) electrons. The van der Waals surface area contributed by atoms with Gasteiger partial charge in [-0.25, -0.2) is 4.99 Å². The molecule has 0 aromatic rings. The molecule has 0 aromatic carbocycles. The normalized spacial score (nSPS) is 43.8. The highest BCUT2D eigenvalue weighted by molar-refractivity contribution is 5.80. The van der Waals surface area contributed by atoms with Crippen molar-refractivity contribution in [2.45, 2.75) is 87.6 Å². The van der Waals surface area contributed by atoms with E-state index in [1.165, 1.54) is 58.0 Å². The summed E-state index contributed by atoms with van der Waals surface area (Å²) in [5.41, 5.74) is 12.8. The van der Waals surface area contributed by atoms with E-state index in [1.807, 2.05) is 0 Å². The molecule has 4 atom stereocenters. The lowest BCUT2D eigenvalue weighted by atomic mass is 9.82. The fourth-order valence-electron chi connectivity index (χ4n) is 7.14. The Kier molecular flexibility index (Phi) is 4.83. The van der Waals surface area contributed by atoms with Gasteiger partial charge in [0.25, 0.3) is 0 Å². The third-order valence-electron chi connectivity index (χ3n) is 9.07. The fourth-order valence-corrected chi connectivity index (χ4v) is 7.14. The summed E-state index contributed by atoms with van der Waals surface area (Å²) in [5.74, 6) is 2.99. The zero-order valence-electron chi connectivity index (χ0n) is 18.5. The Balaban J connectivity index is 1.33. The summed E-state index contributed by atoms with van der Waals surface area (Å²) in [6.07, 6.45) is 12.5. The van der Waals surface area contributed by atoms with Crippen LogP contribution in [0.2, 0.25) is 0 Å². The van der Waals surface area contributed by atoms with Gasteiger partial charge in [0.2, 0.25) is 0 Å². The predicted octanol–water partition coefficient (Wildman–Crippen LogP) is 1.00. The molecule has 0 spiro atoms. The maximum Gasteiger partial charge on any atom is 0.191 e. The minimum absolute atomic E-state index is 0.0447. The lowest BCUT2D eigenvalue weighted by molar-refractivity contribution is -0.0417. The molecule has 6 aliphatic rings. The Morgan fingerprint density at radius 1 is 1.00 bits per heavy atom. The Bertz CT molecular complexity index is 667. The number of piperidine rings is 2. The third kappa shape index (κ3) is 3.46. The molecule has 4 heterocycles. The molecule has 2 aliphatic carbocycles. The maximum absolute atomic E-state index is 6.64. The Morgan fingerprint density at radius 3 is 2.50 bits per heavy atom. The van der Waals surface area contributed by atoms with Gasteiger partial charge >= 0.3 is 0 Å². The molecule has 5 fully saturated rings. The first kappa shape index (κ1) is 19.8. The van der Waals surface area contributed by atoms with Crippen molar-refractivity contribution in [3.63, 3.8) is 0 Å². The fraction of sp³-hybridized carbons (Fsp3) is 0.957.